The largest absolute Gasteiger partial charge is 0.368 e. The summed E-state index contributed by atoms with van der Waals surface area (Å²) >= 11 is 0. The Morgan fingerprint density at radius 1 is 1.25 bits per heavy atom. The minimum absolute atomic E-state index is 0.0600. The van der Waals surface area contributed by atoms with Crippen LogP contribution in [0.1, 0.15) is 31.2 Å². The minimum atomic E-state index is -0.0600. The molecule has 3 N–H and O–H groups in total. The van der Waals surface area contributed by atoms with E-state index in [4.69, 9.17) is 10.5 Å². The first kappa shape index (κ1) is 15.0. The van der Waals surface area contributed by atoms with E-state index in [1.807, 2.05) is 30.3 Å². The second-order valence-corrected chi connectivity index (χ2v) is 5.39. The zero-order valence-electron chi connectivity index (χ0n) is 11.9. The first-order valence-electron chi connectivity index (χ1n) is 7.42. The van der Waals surface area contributed by atoms with E-state index in [0.717, 1.165) is 18.4 Å². The lowest BCUT2D eigenvalue weighted by Gasteiger charge is -2.30. The Bertz CT molecular complexity index is 408. The molecule has 0 saturated heterocycles. The van der Waals surface area contributed by atoms with Crippen LogP contribution in [0, 0.1) is 5.92 Å². The highest BCUT2D eigenvalue weighted by Gasteiger charge is 2.25. The van der Waals surface area contributed by atoms with Gasteiger partial charge in [-0.15, -0.1) is 0 Å². The molecule has 20 heavy (non-hydrogen) atoms. The quantitative estimate of drug-likeness (QED) is 0.833. The first-order valence-corrected chi connectivity index (χ1v) is 7.42. The molecule has 1 aliphatic rings. The van der Waals surface area contributed by atoms with Crippen molar-refractivity contribution in [2.24, 2.45) is 11.7 Å². The molecule has 0 radical (unpaired) electrons. The normalized spacial score (nSPS) is 22.4. The molecule has 4 nitrogen and oxygen atoms in total. The fourth-order valence-electron chi connectivity index (χ4n) is 2.69. The standard InChI is InChI=1S/C16H24N2O2/c17-10-14-8-4-5-9-15(14)20-12-16(19)18-11-13-6-2-1-3-7-13/h1-3,6-7,14-15H,4-5,8-12,17H2,(H,18,19). The van der Waals surface area contributed by atoms with Crippen molar-refractivity contribution in [3.05, 3.63) is 35.9 Å². The number of ether oxygens (including phenoxy) is 1. The Morgan fingerprint density at radius 2 is 2.00 bits per heavy atom. The topological polar surface area (TPSA) is 64.3 Å². The maximum atomic E-state index is 11.8. The summed E-state index contributed by atoms with van der Waals surface area (Å²) in [6.45, 7) is 1.33. The Kier molecular flexibility index (Phi) is 6.02. The number of carbonyl (C=O) groups is 1. The van der Waals surface area contributed by atoms with Crippen LogP contribution in [0.4, 0.5) is 0 Å². The van der Waals surface area contributed by atoms with Crippen LogP contribution in [0.15, 0.2) is 30.3 Å². The number of nitrogens with two attached hydrogens (primary N) is 1. The van der Waals surface area contributed by atoms with Crippen molar-refractivity contribution in [3.63, 3.8) is 0 Å². The van der Waals surface area contributed by atoms with Crippen LogP contribution < -0.4 is 11.1 Å². The van der Waals surface area contributed by atoms with Crippen molar-refractivity contribution in [3.8, 4) is 0 Å². The zero-order chi connectivity index (χ0) is 14.2. The molecule has 4 heteroatoms. The van der Waals surface area contributed by atoms with Crippen molar-refractivity contribution >= 4 is 5.91 Å². The van der Waals surface area contributed by atoms with Crippen LogP contribution in [-0.4, -0.2) is 25.2 Å². The highest BCUT2D eigenvalue weighted by molar-refractivity contribution is 5.77. The maximum Gasteiger partial charge on any atom is 0.246 e. The van der Waals surface area contributed by atoms with E-state index in [1.54, 1.807) is 0 Å². The smallest absolute Gasteiger partial charge is 0.246 e. The predicted molar refractivity (Wildman–Crippen MR) is 79.0 cm³/mol. The molecule has 0 aliphatic heterocycles. The van der Waals surface area contributed by atoms with Crippen molar-refractivity contribution < 1.29 is 9.53 Å². The molecule has 0 heterocycles. The van der Waals surface area contributed by atoms with Gasteiger partial charge in [-0.25, -0.2) is 0 Å². The molecule has 0 bridgehead atoms. The zero-order valence-corrected chi connectivity index (χ0v) is 11.9. The van der Waals surface area contributed by atoms with E-state index >= 15 is 0 Å². The molecule has 1 fully saturated rings. The molecule has 0 aromatic heterocycles. The molecular weight excluding hydrogens is 252 g/mol. The molecule has 1 saturated carbocycles. The average Bonchev–Trinajstić information content (AvgIpc) is 2.52. The van der Waals surface area contributed by atoms with Crippen molar-refractivity contribution in [1.82, 2.24) is 5.32 Å². The third-order valence-electron chi connectivity index (χ3n) is 3.90. The van der Waals surface area contributed by atoms with Crippen molar-refractivity contribution in [2.45, 2.75) is 38.3 Å². The van der Waals surface area contributed by atoms with E-state index in [0.29, 0.717) is 19.0 Å². The van der Waals surface area contributed by atoms with Gasteiger partial charge in [0.1, 0.15) is 6.61 Å². The number of amides is 1. The molecule has 1 amide bonds. The molecule has 1 aromatic carbocycles. The van der Waals surface area contributed by atoms with Crippen molar-refractivity contribution in [2.75, 3.05) is 13.2 Å². The van der Waals surface area contributed by atoms with Gasteiger partial charge in [0, 0.05) is 6.54 Å². The summed E-state index contributed by atoms with van der Waals surface area (Å²) in [4.78, 5) is 11.8. The predicted octanol–water partition coefficient (Wildman–Crippen LogP) is 1.84. The van der Waals surface area contributed by atoms with Crippen LogP contribution in [0.2, 0.25) is 0 Å². The van der Waals surface area contributed by atoms with Gasteiger partial charge < -0.3 is 15.8 Å². The SMILES string of the molecule is NCC1CCCCC1OCC(=O)NCc1ccccc1. The molecular formula is C16H24N2O2. The molecule has 0 spiro atoms. The highest BCUT2D eigenvalue weighted by atomic mass is 16.5. The first-order chi connectivity index (χ1) is 9.79. The van der Waals surface area contributed by atoms with Gasteiger partial charge >= 0.3 is 0 Å². The van der Waals surface area contributed by atoms with Crippen LogP contribution >= 0.6 is 0 Å². The van der Waals surface area contributed by atoms with Gasteiger partial charge in [-0.1, -0.05) is 43.2 Å². The summed E-state index contributed by atoms with van der Waals surface area (Å²) in [6, 6.07) is 9.88. The van der Waals surface area contributed by atoms with Crippen LogP contribution in [-0.2, 0) is 16.1 Å². The third kappa shape index (κ3) is 4.62. The van der Waals surface area contributed by atoms with Gasteiger partial charge in [-0.3, -0.25) is 4.79 Å². The monoisotopic (exact) mass is 276 g/mol. The lowest BCUT2D eigenvalue weighted by molar-refractivity contribution is -0.129. The molecule has 110 valence electrons. The molecule has 2 atom stereocenters. The van der Waals surface area contributed by atoms with E-state index in [-0.39, 0.29) is 18.6 Å². The Labute approximate surface area is 120 Å². The Hall–Kier alpha value is -1.39. The third-order valence-corrected chi connectivity index (χ3v) is 3.90. The summed E-state index contributed by atoms with van der Waals surface area (Å²) in [5.74, 6) is 0.348. The number of hydrogen-bond acceptors (Lipinski definition) is 3. The summed E-state index contributed by atoms with van der Waals surface area (Å²) in [6.07, 6.45) is 4.69. The van der Waals surface area contributed by atoms with Gasteiger partial charge in [0.25, 0.3) is 0 Å². The van der Waals surface area contributed by atoms with Gasteiger partial charge in [0.2, 0.25) is 5.91 Å². The molecule has 2 unspecified atom stereocenters. The number of benzene rings is 1. The van der Waals surface area contributed by atoms with Crippen LogP contribution in [0.5, 0.6) is 0 Å². The minimum Gasteiger partial charge on any atom is -0.368 e. The Balaban J connectivity index is 1.69. The fourth-order valence-corrected chi connectivity index (χ4v) is 2.69. The summed E-state index contributed by atoms with van der Waals surface area (Å²) in [5.41, 5.74) is 6.85. The summed E-state index contributed by atoms with van der Waals surface area (Å²) in [5, 5.41) is 2.88. The second kappa shape index (κ2) is 8.02. The molecule has 1 aliphatic carbocycles. The van der Waals surface area contributed by atoms with Crippen LogP contribution in [0.3, 0.4) is 0 Å². The van der Waals surface area contributed by atoms with E-state index < -0.39 is 0 Å². The molecule has 1 aromatic rings. The van der Waals surface area contributed by atoms with Gasteiger partial charge in [0.15, 0.2) is 0 Å². The second-order valence-electron chi connectivity index (χ2n) is 5.39. The maximum absolute atomic E-state index is 11.8. The van der Waals surface area contributed by atoms with E-state index in [9.17, 15) is 4.79 Å². The average molecular weight is 276 g/mol. The lowest BCUT2D eigenvalue weighted by Crippen LogP contribution is -2.36. The van der Waals surface area contributed by atoms with Gasteiger partial charge in [-0.05, 0) is 30.9 Å². The van der Waals surface area contributed by atoms with E-state index in [2.05, 4.69) is 5.32 Å². The van der Waals surface area contributed by atoms with E-state index in [1.165, 1.54) is 12.8 Å². The highest BCUT2D eigenvalue weighted by Crippen LogP contribution is 2.25. The lowest BCUT2D eigenvalue weighted by atomic mass is 9.86. The summed E-state index contributed by atoms with van der Waals surface area (Å²) < 4.78 is 5.74. The van der Waals surface area contributed by atoms with Crippen LogP contribution in [0.25, 0.3) is 0 Å². The number of nitrogens with one attached hydrogen (secondary N) is 1. The number of rotatable bonds is 6. The fraction of sp³-hybridized carbons (Fsp3) is 0.562. The van der Waals surface area contributed by atoms with Gasteiger partial charge in [-0.2, -0.15) is 0 Å². The number of carbonyl (C=O) groups excluding carboxylic acids is 1. The molecule has 2 rings (SSSR count). The number of hydrogen-bond donors (Lipinski definition) is 2. The Morgan fingerprint density at radius 3 is 2.75 bits per heavy atom. The van der Waals surface area contributed by atoms with Gasteiger partial charge in [0.05, 0.1) is 6.10 Å². The summed E-state index contributed by atoms with van der Waals surface area (Å²) in [7, 11) is 0. The van der Waals surface area contributed by atoms with Crippen molar-refractivity contribution in [1.29, 1.82) is 0 Å².